The summed E-state index contributed by atoms with van der Waals surface area (Å²) in [5.74, 6) is -0.244. The number of benzene rings is 2. The first-order chi connectivity index (χ1) is 11.5. The van der Waals surface area contributed by atoms with E-state index in [1.807, 2.05) is 0 Å². The van der Waals surface area contributed by atoms with Gasteiger partial charge in [0.15, 0.2) is 0 Å². The van der Waals surface area contributed by atoms with Gasteiger partial charge in [0, 0.05) is 11.3 Å². The molecular formula is C17H15FN4O2. The van der Waals surface area contributed by atoms with Crippen molar-refractivity contribution in [3.63, 3.8) is 0 Å². The van der Waals surface area contributed by atoms with Gasteiger partial charge in [-0.3, -0.25) is 4.79 Å². The van der Waals surface area contributed by atoms with Crippen LogP contribution in [-0.2, 0) is 6.54 Å². The molecule has 3 rings (SSSR count). The molecule has 0 spiro atoms. The Balaban J connectivity index is 1.75. The lowest BCUT2D eigenvalue weighted by atomic mass is 10.1. The molecule has 0 fully saturated rings. The van der Waals surface area contributed by atoms with Crippen molar-refractivity contribution in [2.24, 2.45) is 5.73 Å². The summed E-state index contributed by atoms with van der Waals surface area (Å²) in [6.07, 6.45) is 0. The molecule has 0 aliphatic carbocycles. The average Bonchev–Trinajstić information content (AvgIpc) is 3.04. The zero-order chi connectivity index (χ0) is 17.1. The Kier molecular flexibility index (Phi) is 4.24. The molecule has 6 nitrogen and oxygen atoms in total. The van der Waals surface area contributed by atoms with Gasteiger partial charge in [0.25, 0.3) is 5.91 Å². The highest BCUT2D eigenvalue weighted by molar-refractivity contribution is 5.98. The molecular weight excluding hydrogens is 311 g/mol. The van der Waals surface area contributed by atoms with E-state index in [9.17, 15) is 9.18 Å². The fourth-order valence-corrected chi connectivity index (χ4v) is 2.20. The molecule has 0 radical (unpaired) electrons. The van der Waals surface area contributed by atoms with Gasteiger partial charge in [-0.15, -0.1) is 0 Å². The van der Waals surface area contributed by atoms with Gasteiger partial charge in [-0.05, 0) is 30.7 Å². The molecule has 1 aromatic heterocycles. The predicted octanol–water partition coefficient (Wildman–Crippen LogP) is 2.90. The number of amides is 1. The number of hydrogen-bond donors (Lipinski definition) is 2. The normalized spacial score (nSPS) is 10.6. The summed E-state index contributed by atoms with van der Waals surface area (Å²) >= 11 is 0. The van der Waals surface area contributed by atoms with Crippen LogP contribution in [0.1, 0.15) is 21.8 Å². The van der Waals surface area contributed by atoms with Crippen LogP contribution in [0.5, 0.6) is 0 Å². The number of primary amides is 1. The van der Waals surface area contributed by atoms with Gasteiger partial charge in [0.1, 0.15) is 5.82 Å². The van der Waals surface area contributed by atoms with Crippen molar-refractivity contribution in [2.45, 2.75) is 13.5 Å². The molecule has 1 heterocycles. The monoisotopic (exact) mass is 326 g/mol. The molecule has 0 atom stereocenters. The Labute approximate surface area is 137 Å². The van der Waals surface area contributed by atoms with Crippen LogP contribution in [0.3, 0.4) is 0 Å². The van der Waals surface area contributed by atoms with E-state index >= 15 is 0 Å². The largest absolute Gasteiger partial charge is 0.375 e. The zero-order valence-electron chi connectivity index (χ0n) is 12.9. The number of carbonyl (C=O) groups excluding carboxylic acids is 1. The zero-order valence-corrected chi connectivity index (χ0v) is 12.9. The van der Waals surface area contributed by atoms with E-state index in [2.05, 4.69) is 15.5 Å². The molecule has 0 unspecified atom stereocenters. The number of nitrogens with one attached hydrogen (secondary N) is 1. The van der Waals surface area contributed by atoms with Crippen LogP contribution >= 0.6 is 0 Å². The molecule has 24 heavy (non-hydrogen) atoms. The summed E-state index contributed by atoms with van der Waals surface area (Å²) in [4.78, 5) is 15.6. The minimum absolute atomic E-state index is 0.214. The Hall–Kier alpha value is -3.22. The second-order valence-corrected chi connectivity index (χ2v) is 5.24. The quantitative estimate of drug-likeness (QED) is 0.752. The van der Waals surface area contributed by atoms with Crippen molar-refractivity contribution in [3.05, 3.63) is 65.3 Å². The number of hydrogen-bond acceptors (Lipinski definition) is 5. The van der Waals surface area contributed by atoms with Gasteiger partial charge in [-0.2, -0.15) is 4.98 Å². The number of carbonyl (C=O) groups is 1. The Morgan fingerprint density at radius 3 is 2.83 bits per heavy atom. The summed E-state index contributed by atoms with van der Waals surface area (Å²) < 4.78 is 18.8. The second kappa shape index (κ2) is 6.49. The van der Waals surface area contributed by atoms with Crippen molar-refractivity contribution >= 4 is 11.6 Å². The molecule has 3 N–H and O–H groups in total. The summed E-state index contributed by atoms with van der Waals surface area (Å²) in [5, 5.41) is 6.87. The number of aromatic nitrogens is 2. The van der Waals surface area contributed by atoms with E-state index < -0.39 is 5.91 Å². The van der Waals surface area contributed by atoms with Crippen LogP contribution < -0.4 is 11.1 Å². The van der Waals surface area contributed by atoms with Crippen molar-refractivity contribution in [1.82, 2.24) is 10.1 Å². The third-order valence-corrected chi connectivity index (χ3v) is 3.52. The van der Waals surface area contributed by atoms with E-state index in [1.54, 1.807) is 43.3 Å². The SMILES string of the molecule is Cc1ccc(-c2noc(CNc3ccccc3C(N)=O)n2)cc1F. The van der Waals surface area contributed by atoms with E-state index in [1.165, 1.54) is 6.07 Å². The van der Waals surface area contributed by atoms with Crippen LogP contribution in [0, 0.1) is 12.7 Å². The number of aryl methyl sites for hydroxylation is 1. The standard InChI is InChI=1S/C17H15FN4O2/c1-10-6-7-11(8-13(10)18)17-21-15(24-22-17)9-20-14-5-3-2-4-12(14)16(19)23/h2-8,20H,9H2,1H3,(H2,19,23). The van der Waals surface area contributed by atoms with Crippen molar-refractivity contribution in [3.8, 4) is 11.4 Å². The molecule has 3 aromatic rings. The van der Waals surface area contributed by atoms with Crippen LogP contribution in [0.4, 0.5) is 10.1 Å². The molecule has 1 amide bonds. The van der Waals surface area contributed by atoms with Crippen LogP contribution in [0.2, 0.25) is 0 Å². The Morgan fingerprint density at radius 2 is 2.08 bits per heavy atom. The summed E-state index contributed by atoms with van der Waals surface area (Å²) in [6.45, 7) is 1.90. The van der Waals surface area contributed by atoms with Crippen molar-refractivity contribution in [2.75, 3.05) is 5.32 Å². The molecule has 0 saturated heterocycles. The fourth-order valence-electron chi connectivity index (χ4n) is 2.20. The highest BCUT2D eigenvalue weighted by Crippen LogP contribution is 2.20. The molecule has 0 saturated carbocycles. The molecule has 7 heteroatoms. The number of rotatable bonds is 5. The topological polar surface area (TPSA) is 94.0 Å². The van der Waals surface area contributed by atoms with Gasteiger partial charge in [0.05, 0.1) is 12.1 Å². The van der Waals surface area contributed by atoms with E-state index in [4.69, 9.17) is 10.3 Å². The maximum atomic E-state index is 13.6. The first-order valence-corrected chi connectivity index (χ1v) is 7.26. The molecule has 0 bridgehead atoms. The van der Waals surface area contributed by atoms with Crippen LogP contribution in [0.15, 0.2) is 47.0 Å². The average molecular weight is 326 g/mol. The van der Waals surface area contributed by atoms with Gasteiger partial charge >= 0.3 is 0 Å². The number of nitrogens with two attached hydrogens (primary N) is 1. The number of halogens is 1. The maximum absolute atomic E-state index is 13.6. The molecule has 122 valence electrons. The molecule has 0 aliphatic heterocycles. The highest BCUT2D eigenvalue weighted by atomic mass is 19.1. The minimum atomic E-state index is -0.528. The first kappa shape index (κ1) is 15.7. The first-order valence-electron chi connectivity index (χ1n) is 7.26. The maximum Gasteiger partial charge on any atom is 0.250 e. The van der Waals surface area contributed by atoms with E-state index in [0.29, 0.717) is 34.1 Å². The number of anilines is 1. The number of nitrogens with zero attached hydrogens (tertiary/aromatic N) is 2. The van der Waals surface area contributed by atoms with Gasteiger partial charge in [0.2, 0.25) is 11.7 Å². The number of para-hydroxylation sites is 1. The van der Waals surface area contributed by atoms with Crippen molar-refractivity contribution < 1.29 is 13.7 Å². The Morgan fingerprint density at radius 1 is 1.29 bits per heavy atom. The minimum Gasteiger partial charge on any atom is -0.375 e. The van der Waals surface area contributed by atoms with E-state index in [-0.39, 0.29) is 12.4 Å². The predicted molar refractivity (Wildman–Crippen MR) is 86.7 cm³/mol. The fraction of sp³-hybridized carbons (Fsp3) is 0.118. The summed E-state index contributed by atoms with van der Waals surface area (Å²) in [7, 11) is 0. The molecule has 2 aromatic carbocycles. The summed E-state index contributed by atoms with van der Waals surface area (Å²) in [6, 6.07) is 11.6. The smallest absolute Gasteiger partial charge is 0.250 e. The van der Waals surface area contributed by atoms with Gasteiger partial charge < -0.3 is 15.6 Å². The lowest BCUT2D eigenvalue weighted by molar-refractivity contribution is 0.100. The van der Waals surface area contributed by atoms with Gasteiger partial charge in [-0.25, -0.2) is 4.39 Å². The van der Waals surface area contributed by atoms with Crippen LogP contribution in [-0.4, -0.2) is 16.0 Å². The van der Waals surface area contributed by atoms with Crippen molar-refractivity contribution in [1.29, 1.82) is 0 Å². The lowest BCUT2D eigenvalue weighted by Gasteiger charge is -2.07. The second-order valence-electron chi connectivity index (χ2n) is 5.24. The summed E-state index contributed by atoms with van der Waals surface area (Å²) in [5.41, 5.74) is 7.35. The lowest BCUT2D eigenvalue weighted by Crippen LogP contribution is -2.14. The van der Waals surface area contributed by atoms with Gasteiger partial charge in [-0.1, -0.05) is 29.4 Å². The van der Waals surface area contributed by atoms with E-state index in [0.717, 1.165) is 0 Å². The third kappa shape index (κ3) is 3.24. The Bertz CT molecular complexity index is 892. The molecule has 0 aliphatic rings. The highest BCUT2D eigenvalue weighted by Gasteiger charge is 2.12. The van der Waals surface area contributed by atoms with Crippen LogP contribution in [0.25, 0.3) is 11.4 Å². The third-order valence-electron chi connectivity index (χ3n) is 3.52.